The van der Waals surface area contributed by atoms with Crippen molar-refractivity contribution in [2.45, 2.75) is 70.6 Å². The van der Waals surface area contributed by atoms with Crippen LogP contribution >= 0.6 is 0 Å². The van der Waals surface area contributed by atoms with E-state index < -0.39 is 4.92 Å². The summed E-state index contributed by atoms with van der Waals surface area (Å²) in [7, 11) is 0. The van der Waals surface area contributed by atoms with Crippen LogP contribution in [0.2, 0.25) is 0 Å². The van der Waals surface area contributed by atoms with Gasteiger partial charge in [0.25, 0.3) is 0 Å². The lowest BCUT2D eigenvalue weighted by atomic mass is 10.0. The van der Waals surface area contributed by atoms with Crippen LogP contribution < -0.4 is 20.3 Å². The molecule has 2 heterocycles. The van der Waals surface area contributed by atoms with Gasteiger partial charge >= 0.3 is 5.69 Å². The number of hydrogen-bond donors (Lipinski definition) is 2. The smallest absolute Gasteiger partial charge is 0.300 e. The Morgan fingerprint density at radius 3 is 2.64 bits per heavy atom. The number of unbranched alkanes of at least 4 members (excludes halogenated alkanes) is 5. The molecular formula is C30H40N8O4. The molecule has 0 spiro atoms. The molecule has 3 aromatic rings. The van der Waals surface area contributed by atoms with Crippen LogP contribution in [0.25, 0.3) is 11.0 Å². The van der Waals surface area contributed by atoms with E-state index in [1.807, 2.05) is 18.3 Å². The second-order valence-electron chi connectivity index (χ2n) is 10.5. The predicted molar refractivity (Wildman–Crippen MR) is 162 cm³/mol. The average molecular weight is 577 g/mol. The first-order chi connectivity index (χ1) is 20.7. The minimum atomic E-state index is -0.469. The van der Waals surface area contributed by atoms with Gasteiger partial charge < -0.3 is 15.0 Å². The van der Waals surface area contributed by atoms with Gasteiger partial charge in [0, 0.05) is 50.4 Å². The average Bonchev–Trinajstić information content (AvgIpc) is 3.51. The molecule has 1 fully saturated rings. The van der Waals surface area contributed by atoms with E-state index in [0.29, 0.717) is 24.6 Å². The summed E-state index contributed by atoms with van der Waals surface area (Å²) in [5.41, 5.74) is 2.75. The van der Waals surface area contributed by atoms with Crippen LogP contribution in [0.3, 0.4) is 0 Å². The molecule has 1 aromatic heterocycles. The van der Waals surface area contributed by atoms with Crippen molar-refractivity contribution in [1.29, 1.82) is 5.26 Å². The number of rotatable bonds is 16. The highest BCUT2D eigenvalue weighted by atomic mass is 16.6. The molecule has 1 saturated heterocycles. The number of aliphatic imine (C=N–C) groups is 1. The molecule has 12 nitrogen and oxygen atoms in total. The Labute approximate surface area is 246 Å². The maximum atomic E-state index is 11.1. The fraction of sp³-hybridized carbons (Fsp3) is 0.533. The van der Waals surface area contributed by atoms with E-state index in [1.54, 1.807) is 6.07 Å². The lowest BCUT2D eigenvalue weighted by molar-refractivity contribution is -0.383. The molecule has 0 atom stereocenters. The summed E-state index contributed by atoms with van der Waals surface area (Å²) in [6.07, 6.45) is 13.6. The van der Waals surface area contributed by atoms with E-state index >= 15 is 0 Å². The van der Waals surface area contributed by atoms with Crippen molar-refractivity contribution in [3.8, 4) is 11.9 Å². The van der Waals surface area contributed by atoms with E-state index in [1.165, 1.54) is 31.0 Å². The Bertz CT molecular complexity index is 1350. The minimum absolute atomic E-state index is 0.0830. The number of nitrogens with zero attached hydrogens (tertiary/aromatic N) is 6. The van der Waals surface area contributed by atoms with E-state index in [2.05, 4.69) is 43.0 Å². The van der Waals surface area contributed by atoms with Crippen molar-refractivity contribution in [3.63, 3.8) is 0 Å². The van der Waals surface area contributed by atoms with Crippen LogP contribution in [0.1, 0.15) is 69.8 Å². The normalized spacial score (nSPS) is 13.6. The van der Waals surface area contributed by atoms with Gasteiger partial charge in [0.05, 0.1) is 11.5 Å². The van der Waals surface area contributed by atoms with E-state index in [0.717, 1.165) is 82.3 Å². The van der Waals surface area contributed by atoms with Crippen molar-refractivity contribution in [2.24, 2.45) is 4.99 Å². The third-order valence-corrected chi connectivity index (χ3v) is 7.39. The highest BCUT2D eigenvalue weighted by Crippen LogP contribution is 2.27. The Hall–Kier alpha value is -4.40. The predicted octanol–water partition coefficient (Wildman–Crippen LogP) is 5.49. The second-order valence-corrected chi connectivity index (χ2v) is 10.5. The number of nitriles is 1. The largest absolute Gasteiger partial charge is 0.493 e. The van der Waals surface area contributed by atoms with E-state index in [9.17, 15) is 10.1 Å². The third-order valence-electron chi connectivity index (χ3n) is 7.39. The molecule has 42 heavy (non-hydrogen) atoms. The minimum Gasteiger partial charge on any atom is -0.493 e. The van der Waals surface area contributed by atoms with Gasteiger partial charge in [0.2, 0.25) is 11.5 Å². The number of aryl methyl sites for hydroxylation is 1. The molecule has 0 radical (unpaired) electrons. The van der Waals surface area contributed by atoms with Crippen LogP contribution in [0.4, 0.5) is 11.4 Å². The number of non-ortho nitro benzene ring substituents is 1. The van der Waals surface area contributed by atoms with Crippen LogP contribution in [0.15, 0.2) is 46.0 Å². The van der Waals surface area contributed by atoms with Gasteiger partial charge in [-0.15, -0.1) is 0 Å². The number of benzene rings is 2. The summed E-state index contributed by atoms with van der Waals surface area (Å²) in [5, 5.41) is 33.6. The summed E-state index contributed by atoms with van der Waals surface area (Å²) in [6.45, 7) is 4.09. The number of guanidine groups is 1. The Morgan fingerprint density at radius 1 is 1.05 bits per heavy atom. The maximum absolute atomic E-state index is 11.1. The molecule has 2 N–H and O–H groups in total. The van der Waals surface area contributed by atoms with Gasteiger partial charge in [-0.25, -0.2) is 4.63 Å². The topological polar surface area (TPSA) is 155 Å². The molecule has 1 aliphatic rings. The van der Waals surface area contributed by atoms with Gasteiger partial charge in [-0.2, -0.15) is 5.26 Å². The highest BCUT2D eigenvalue weighted by Gasteiger charge is 2.19. The van der Waals surface area contributed by atoms with Gasteiger partial charge in [-0.3, -0.25) is 20.4 Å². The van der Waals surface area contributed by atoms with E-state index in [4.69, 9.17) is 14.6 Å². The number of hydrogen-bond acceptors (Lipinski definition) is 9. The number of aromatic nitrogens is 2. The number of anilines is 1. The lowest BCUT2D eigenvalue weighted by Gasteiger charge is -2.29. The Balaban J connectivity index is 1.05. The molecule has 0 amide bonds. The van der Waals surface area contributed by atoms with Crippen molar-refractivity contribution in [1.82, 2.24) is 20.9 Å². The first kappa shape index (κ1) is 30.6. The molecule has 0 aliphatic carbocycles. The number of nitro benzene ring substituents is 1. The zero-order valence-electron chi connectivity index (χ0n) is 24.1. The fourth-order valence-electron chi connectivity index (χ4n) is 5.17. The summed E-state index contributed by atoms with van der Waals surface area (Å²) < 4.78 is 10.7. The van der Waals surface area contributed by atoms with E-state index in [-0.39, 0.29) is 11.2 Å². The molecule has 224 valence electrons. The molecule has 0 saturated carbocycles. The molecule has 0 unspecified atom stereocenters. The maximum Gasteiger partial charge on any atom is 0.300 e. The third kappa shape index (κ3) is 9.33. The quantitative estimate of drug-likeness (QED) is 0.0425. The van der Waals surface area contributed by atoms with Gasteiger partial charge in [-0.1, -0.05) is 31.7 Å². The van der Waals surface area contributed by atoms with Crippen molar-refractivity contribution < 1.29 is 14.3 Å². The standard InChI is InChI=1S/C30H40N8O4/c31-23-34-30(33-18-11-21-41-26-14-10-13-25(22-26)37-19-8-5-9-20-37)32-17-7-4-2-1-3-6-12-24-15-16-27(38(39)40)29-28(24)35-42-36-29/h10,13-16,22H,1-9,11-12,17-21H2,(H2,32,33,34). The fourth-order valence-corrected chi connectivity index (χ4v) is 5.17. The SMILES string of the molecule is N#CNC(=NCCCOc1cccc(N2CCCCC2)c1)NCCCCCCCCc1ccc([N+](=O)[O-])c2nonc12. The number of ether oxygens (including phenoxy) is 1. The van der Waals surface area contributed by atoms with Crippen molar-refractivity contribution >= 4 is 28.4 Å². The first-order valence-corrected chi connectivity index (χ1v) is 15.0. The van der Waals surface area contributed by atoms with Crippen LogP contribution in [-0.2, 0) is 6.42 Å². The molecule has 1 aliphatic heterocycles. The molecule has 2 aromatic carbocycles. The molecule has 4 rings (SSSR count). The summed E-state index contributed by atoms with van der Waals surface area (Å²) >= 11 is 0. The van der Waals surface area contributed by atoms with Gasteiger partial charge in [0.15, 0.2) is 6.19 Å². The monoisotopic (exact) mass is 576 g/mol. The van der Waals surface area contributed by atoms with Crippen LogP contribution in [0, 0.1) is 21.6 Å². The second kappa shape index (κ2) is 16.8. The Morgan fingerprint density at radius 2 is 1.83 bits per heavy atom. The summed E-state index contributed by atoms with van der Waals surface area (Å²) in [6, 6.07) is 11.5. The van der Waals surface area contributed by atoms with Crippen LogP contribution in [0.5, 0.6) is 5.75 Å². The molecule has 0 bridgehead atoms. The number of piperidine rings is 1. The lowest BCUT2D eigenvalue weighted by Crippen LogP contribution is -2.35. The molecule has 12 heteroatoms. The first-order valence-electron chi connectivity index (χ1n) is 15.0. The zero-order chi connectivity index (χ0) is 29.4. The zero-order valence-corrected chi connectivity index (χ0v) is 24.1. The number of nitrogens with one attached hydrogen (secondary N) is 2. The van der Waals surface area contributed by atoms with Crippen molar-refractivity contribution in [3.05, 3.63) is 52.1 Å². The van der Waals surface area contributed by atoms with Gasteiger partial charge in [-0.05, 0) is 72.6 Å². The number of fused-ring (bicyclic) bond motifs is 1. The summed E-state index contributed by atoms with van der Waals surface area (Å²) in [5.74, 6) is 1.38. The summed E-state index contributed by atoms with van der Waals surface area (Å²) in [4.78, 5) is 17.6. The Kier molecular flexibility index (Phi) is 12.2. The van der Waals surface area contributed by atoms with Crippen LogP contribution in [-0.4, -0.2) is 54.0 Å². The molecular weight excluding hydrogens is 536 g/mol. The van der Waals surface area contributed by atoms with Gasteiger partial charge in [0.1, 0.15) is 11.3 Å². The highest BCUT2D eigenvalue weighted by molar-refractivity contribution is 5.85. The van der Waals surface area contributed by atoms with Crippen molar-refractivity contribution in [2.75, 3.05) is 37.7 Å². The number of nitro groups is 1.